The fourth-order valence-corrected chi connectivity index (χ4v) is 8.65. The Bertz CT molecular complexity index is 1950. The lowest BCUT2D eigenvalue weighted by Crippen LogP contribution is -2.46. The summed E-state index contributed by atoms with van der Waals surface area (Å²) in [6.45, 7) is 2.46. The van der Waals surface area contributed by atoms with Crippen molar-refractivity contribution in [1.82, 2.24) is 30.2 Å². The molecule has 3 rings (SSSR count). The van der Waals surface area contributed by atoms with Crippen molar-refractivity contribution in [2.75, 3.05) is 37.8 Å². The third-order valence-electron chi connectivity index (χ3n) is 8.19. The standard InChI is InChI=1S/C31H50N7O17P3S/c1-4-5-6-7-8-9-10-11-22(40)59-15-14-33-21(39)12-13-34-29(43)26(42)31(2,3)17-52-58(49,50)55-57(47,48)51-16-20-25(54-56(44,45)46)24(41)30(53-20)38-19-37-23-27(32)35-18-36-28(23)38/h4-5,9-10,18-20,24-26,30,41-42H,6-8,11-17H2,1-3H3,(H,33,39)(H,34,43)(H,47,48)(H,49,50)(H2,32,35,36)(H2,44,45,46)/b5-4+,10-9+. The van der Waals surface area contributed by atoms with Crippen LogP contribution >= 0.6 is 35.2 Å². The summed E-state index contributed by atoms with van der Waals surface area (Å²) >= 11 is 1.08. The third kappa shape index (κ3) is 16.8. The number of hydrogen-bond acceptors (Lipinski definition) is 18. The van der Waals surface area contributed by atoms with E-state index in [1.807, 2.05) is 25.2 Å². The predicted molar refractivity (Wildman–Crippen MR) is 210 cm³/mol. The second kappa shape index (κ2) is 22.8. The topological polar surface area (TPSA) is 364 Å². The molecule has 7 unspecified atom stereocenters. The molecule has 24 nitrogen and oxygen atoms in total. The zero-order valence-corrected chi connectivity index (χ0v) is 35.7. The van der Waals surface area contributed by atoms with Gasteiger partial charge in [0.1, 0.15) is 36.3 Å². The average Bonchev–Trinajstić information content (AvgIpc) is 3.71. The Morgan fingerprint density at radius 3 is 2.42 bits per heavy atom. The van der Waals surface area contributed by atoms with Crippen LogP contribution in [0.1, 0.15) is 59.1 Å². The van der Waals surface area contributed by atoms with Crippen molar-refractivity contribution >= 4 is 69.1 Å². The number of imidazole rings is 1. The summed E-state index contributed by atoms with van der Waals surface area (Å²) in [6.07, 6.45) is 4.07. The maximum Gasteiger partial charge on any atom is 0.481 e. The molecule has 7 atom stereocenters. The number of hydrogen-bond donors (Lipinski definition) is 9. The normalized spacial score (nSPS) is 21.4. The van der Waals surface area contributed by atoms with Gasteiger partial charge in [-0.05, 0) is 26.2 Å². The smallest absolute Gasteiger partial charge is 0.386 e. The number of unbranched alkanes of at least 4 members (excludes halogenated alkanes) is 2. The van der Waals surface area contributed by atoms with Crippen molar-refractivity contribution in [2.24, 2.45) is 5.41 Å². The van der Waals surface area contributed by atoms with E-state index in [9.17, 15) is 57.9 Å². The zero-order chi connectivity index (χ0) is 44.0. The van der Waals surface area contributed by atoms with E-state index in [1.54, 1.807) is 0 Å². The molecule has 1 aliphatic heterocycles. The van der Waals surface area contributed by atoms with E-state index < -0.39 is 84.6 Å². The molecule has 2 aromatic heterocycles. The van der Waals surface area contributed by atoms with Crippen molar-refractivity contribution < 1.29 is 80.5 Å². The Labute approximate surface area is 342 Å². The number of allylic oxidation sites excluding steroid dienone is 4. The average molecular weight is 918 g/mol. The second-order valence-corrected chi connectivity index (χ2v) is 18.9. The Hall–Kier alpha value is -2.96. The van der Waals surface area contributed by atoms with Gasteiger partial charge in [-0.1, -0.05) is 49.9 Å². The SMILES string of the molecule is C/C=C/CCC/C=C/CC(=O)SCCNC(=O)CCNC(=O)C(O)C(C)(C)COP(=O)(O)OP(=O)(O)OCC1OC(n2cnc3c(N)ncnc32)C(O)C1OP(=O)(O)O. The van der Waals surface area contributed by atoms with Crippen LogP contribution in [0.25, 0.3) is 11.2 Å². The fourth-order valence-electron chi connectivity index (χ4n) is 5.17. The minimum atomic E-state index is -5.57. The van der Waals surface area contributed by atoms with Gasteiger partial charge in [0.2, 0.25) is 11.8 Å². The lowest BCUT2D eigenvalue weighted by Gasteiger charge is -2.30. The summed E-state index contributed by atoms with van der Waals surface area (Å²) in [5.41, 5.74) is 4.26. The Morgan fingerprint density at radius 1 is 1.03 bits per heavy atom. The second-order valence-electron chi connectivity index (χ2n) is 13.5. The number of aliphatic hydroxyl groups excluding tert-OH is 2. The maximum atomic E-state index is 12.7. The van der Waals surface area contributed by atoms with Crippen LogP contribution in [0.5, 0.6) is 0 Å². The minimum Gasteiger partial charge on any atom is -0.386 e. The number of fused-ring (bicyclic) bond motifs is 1. The molecule has 332 valence electrons. The molecule has 10 N–H and O–H groups in total. The summed E-state index contributed by atoms with van der Waals surface area (Å²) in [5.74, 6) is -1.10. The molecule has 59 heavy (non-hydrogen) atoms. The van der Waals surface area contributed by atoms with Gasteiger partial charge in [-0.25, -0.2) is 28.6 Å². The molecular weight excluding hydrogens is 867 g/mol. The lowest BCUT2D eigenvalue weighted by atomic mass is 9.87. The Kier molecular flexibility index (Phi) is 19.4. The number of nitrogens with one attached hydrogen (secondary N) is 2. The van der Waals surface area contributed by atoms with Gasteiger partial charge in [0.15, 0.2) is 22.8 Å². The molecule has 0 aliphatic carbocycles. The first-order valence-electron chi connectivity index (χ1n) is 17.9. The largest absolute Gasteiger partial charge is 0.481 e. The molecular formula is C31H50N7O17P3S. The lowest BCUT2D eigenvalue weighted by molar-refractivity contribution is -0.137. The summed E-state index contributed by atoms with van der Waals surface area (Å²) in [7, 11) is -16.4. The molecule has 0 saturated carbocycles. The van der Waals surface area contributed by atoms with Crippen molar-refractivity contribution in [3.05, 3.63) is 37.0 Å². The van der Waals surface area contributed by atoms with Crippen LogP contribution in [0.2, 0.25) is 0 Å². The van der Waals surface area contributed by atoms with Gasteiger partial charge in [-0.2, -0.15) is 4.31 Å². The summed E-state index contributed by atoms with van der Waals surface area (Å²) < 4.78 is 62.2. The monoisotopic (exact) mass is 917 g/mol. The van der Waals surface area contributed by atoms with Gasteiger partial charge in [0, 0.05) is 37.1 Å². The van der Waals surface area contributed by atoms with E-state index in [2.05, 4.69) is 40.5 Å². The van der Waals surface area contributed by atoms with Crippen molar-refractivity contribution in [3.63, 3.8) is 0 Å². The molecule has 0 spiro atoms. The van der Waals surface area contributed by atoms with Crippen molar-refractivity contribution in [3.8, 4) is 0 Å². The molecule has 3 heterocycles. The number of aliphatic hydroxyl groups is 2. The minimum absolute atomic E-state index is 0.0304. The number of phosphoric acid groups is 3. The van der Waals surface area contributed by atoms with Gasteiger partial charge in [-0.15, -0.1) is 0 Å². The van der Waals surface area contributed by atoms with E-state index in [4.69, 9.17) is 19.5 Å². The van der Waals surface area contributed by atoms with Gasteiger partial charge in [0.05, 0.1) is 19.5 Å². The number of thioether (sulfide) groups is 1. The number of nitrogens with zero attached hydrogens (tertiary/aromatic N) is 4. The molecule has 0 aromatic carbocycles. The van der Waals surface area contributed by atoms with E-state index >= 15 is 0 Å². The first-order chi connectivity index (χ1) is 27.6. The molecule has 0 bridgehead atoms. The molecule has 1 saturated heterocycles. The van der Waals surface area contributed by atoms with Crippen LogP contribution < -0.4 is 16.4 Å². The summed E-state index contributed by atoms with van der Waals surface area (Å²) in [6, 6.07) is 0. The number of nitrogens with two attached hydrogens (primary N) is 1. The Balaban J connectivity index is 1.43. The van der Waals surface area contributed by atoms with Crippen LogP contribution in [0.3, 0.4) is 0 Å². The van der Waals surface area contributed by atoms with Crippen LogP contribution in [0.4, 0.5) is 5.82 Å². The van der Waals surface area contributed by atoms with Crippen LogP contribution in [0.15, 0.2) is 37.0 Å². The molecule has 28 heteroatoms. The van der Waals surface area contributed by atoms with Gasteiger partial charge in [-0.3, -0.25) is 32.5 Å². The van der Waals surface area contributed by atoms with Crippen LogP contribution in [-0.4, -0.2) is 123 Å². The number of anilines is 1. The molecule has 2 amide bonds. The number of phosphoric ester groups is 3. The first kappa shape index (κ1) is 50.4. The Morgan fingerprint density at radius 2 is 1.73 bits per heavy atom. The summed E-state index contributed by atoms with van der Waals surface area (Å²) in [5, 5.41) is 26.4. The number of ether oxygens (including phenoxy) is 1. The van der Waals surface area contributed by atoms with Crippen molar-refractivity contribution in [1.29, 1.82) is 0 Å². The zero-order valence-electron chi connectivity index (χ0n) is 32.2. The predicted octanol–water partition coefficient (Wildman–Crippen LogP) is 1.36. The van der Waals surface area contributed by atoms with E-state index in [0.29, 0.717) is 5.75 Å². The number of rotatable bonds is 25. The fraction of sp³-hybridized carbons (Fsp3) is 0.613. The molecule has 1 aliphatic rings. The number of carbonyl (C=O) groups excluding carboxylic acids is 3. The van der Waals surface area contributed by atoms with E-state index in [1.165, 1.54) is 13.8 Å². The number of nitrogen functional groups attached to an aromatic ring is 1. The van der Waals surface area contributed by atoms with E-state index in [-0.39, 0.29) is 48.0 Å². The quantitative estimate of drug-likeness (QED) is 0.0385. The van der Waals surface area contributed by atoms with Crippen LogP contribution in [-0.2, 0) is 50.7 Å². The van der Waals surface area contributed by atoms with Crippen LogP contribution in [0, 0.1) is 5.41 Å². The summed E-state index contributed by atoms with van der Waals surface area (Å²) in [4.78, 5) is 87.7. The number of aromatic nitrogens is 4. The molecule has 1 fully saturated rings. The van der Waals surface area contributed by atoms with Gasteiger partial charge >= 0.3 is 23.5 Å². The van der Waals surface area contributed by atoms with Gasteiger partial charge < -0.3 is 50.9 Å². The highest BCUT2D eigenvalue weighted by Gasteiger charge is 2.50. The highest BCUT2D eigenvalue weighted by atomic mass is 32.2. The molecule has 0 radical (unpaired) electrons. The van der Waals surface area contributed by atoms with Crippen molar-refractivity contribution in [2.45, 2.75) is 83.5 Å². The van der Waals surface area contributed by atoms with Gasteiger partial charge in [0.25, 0.3) is 0 Å². The highest BCUT2D eigenvalue weighted by Crippen LogP contribution is 2.61. The maximum absolute atomic E-state index is 12.7. The number of amides is 2. The first-order valence-corrected chi connectivity index (χ1v) is 23.4. The molecule has 2 aromatic rings. The number of carbonyl (C=O) groups is 3. The highest BCUT2D eigenvalue weighted by molar-refractivity contribution is 8.13. The third-order valence-corrected chi connectivity index (χ3v) is 12.2. The van der Waals surface area contributed by atoms with E-state index in [0.717, 1.165) is 48.2 Å².